The molecule has 0 bridgehead atoms. The first-order valence-electron chi connectivity index (χ1n) is 16.8. The highest BCUT2D eigenvalue weighted by Crippen LogP contribution is 2.53. The maximum absolute atomic E-state index is 5.19. The van der Waals surface area contributed by atoms with Crippen LogP contribution in [0.1, 0.15) is 72.6 Å². The summed E-state index contributed by atoms with van der Waals surface area (Å²) in [4.78, 5) is 12.9. The van der Waals surface area contributed by atoms with Gasteiger partial charge in [-0.15, -0.1) is 0 Å². The third kappa shape index (κ3) is 4.41. The highest BCUT2D eigenvalue weighted by molar-refractivity contribution is 7.99. The lowest BCUT2D eigenvalue weighted by molar-refractivity contribution is 0.592. The summed E-state index contributed by atoms with van der Waals surface area (Å²) in [6.07, 6.45) is 0. The Bertz CT molecular complexity index is 2340. The van der Waals surface area contributed by atoms with Gasteiger partial charge in [0.1, 0.15) is 0 Å². The maximum atomic E-state index is 5.19. The van der Waals surface area contributed by atoms with E-state index < -0.39 is 0 Å². The predicted molar refractivity (Wildman–Crippen MR) is 199 cm³/mol. The van der Waals surface area contributed by atoms with Crippen LogP contribution in [0.5, 0.6) is 0 Å². The summed E-state index contributed by atoms with van der Waals surface area (Å²) in [5.41, 5.74) is 13.5. The van der Waals surface area contributed by atoms with Crippen molar-refractivity contribution >= 4 is 22.7 Å². The largest absolute Gasteiger partial charge is 0.228 e. The van der Waals surface area contributed by atoms with Crippen LogP contribution in [0, 0.1) is 0 Å². The summed E-state index contributed by atoms with van der Waals surface area (Å²) in [7, 11) is 0. The molecule has 1 aromatic heterocycles. The number of aromatic nitrogens is 2. The molecule has 232 valence electrons. The van der Waals surface area contributed by atoms with Crippen LogP contribution in [0.4, 0.5) is 0 Å². The highest BCUT2D eigenvalue weighted by Gasteiger charge is 2.39. The molecule has 6 aromatic carbocycles. The highest BCUT2D eigenvalue weighted by atomic mass is 32.2. The second kappa shape index (κ2) is 10.8. The fourth-order valence-electron chi connectivity index (χ4n) is 8.14. The Morgan fingerprint density at radius 2 is 1.08 bits per heavy atom. The Balaban J connectivity index is 1.17. The summed E-state index contributed by atoms with van der Waals surface area (Å²) < 4.78 is 0. The van der Waals surface area contributed by atoms with Crippen LogP contribution in [0.3, 0.4) is 0 Å². The van der Waals surface area contributed by atoms with Gasteiger partial charge in [0.15, 0.2) is 5.82 Å². The van der Waals surface area contributed by atoms with E-state index in [4.69, 9.17) is 9.97 Å². The van der Waals surface area contributed by atoms with Gasteiger partial charge in [-0.1, -0.05) is 155 Å². The minimum absolute atomic E-state index is 0.0480. The quantitative estimate of drug-likeness (QED) is 0.193. The molecule has 0 radical (unpaired) electrons. The molecule has 0 saturated heterocycles. The van der Waals surface area contributed by atoms with Crippen LogP contribution in [0.15, 0.2) is 149 Å². The molecule has 1 aliphatic carbocycles. The third-order valence-electron chi connectivity index (χ3n) is 10.7. The van der Waals surface area contributed by atoms with Crippen molar-refractivity contribution in [3.05, 3.63) is 178 Å². The molecule has 48 heavy (non-hydrogen) atoms. The SMILES string of the molecule is CC1(C)c2cc(-c3nc(-c4ccccc4)c4ccccc4n3)ccc2Sc2ccc(C3c4ccccc4C(C)(C)c4ccccc43)cc21. The fourth-order valence-corrected chi connectivity index (χ4v) is 9.50. The van der Waals surface area contributed by atoms with Crippen molar-refractivity contribution in [1.29, 1.82) is 0 Å². The standard InChI is InChI=1S/C45H36N2S/c1-44(2)34-19-11-8-16-31(34)41(32-17-9-12-20-35(32)44)29-22-24-39-36(26-29)45(3,4)37-27-30(23-25-40(37)48-39)43-46-38-21-13-10-18-33(38)42(47-43)28-14-6-5-7-15-28/h5-27,41H,1-4H3. The second-order valence-corrected chi connectivity index (χ2v) is 15.3. The molecule has 0 atom stereocenters. The topological polar surface area (TPSA) is 25.8 Å². The van der Waals surface area contributed by atoms with Gasteiger partial charge in [-0.05, 0) is 63.2 Å². The normalized spacial score (nSPS) is 15.7. The Hall–Kier alpha value is -4.99. The summed E-state index contributed by atoms with van der Waals surface area (Å²) in [6, 6.07) is 50.9. The molecule has 1 aliphatic heterocycles. The van der Waals surface area contributed by atoms with Gasteiger partial charge in [0.05, 0.1) is 11.2 Å². The minimum Gasteiger partial charge on any atom is -0.228 e. The number of fused-ring (bicyclic) bond motifs is 5. The van der Waals surface area contributed by atoms with E-state index in [1.165, 1.54) is 48.7 Å². The molecule has 7 aromatic rings. The van der Waals surface area contributed by atoms with Crippen molar-refractivity contribution in [2.24, 2.45) is 0 Å². The molecule has 0 unspecified atom stereocenters. The summed E-state index contributed by atoms with van der Waals surface area (Å²) in [6.45, 7) is 9.48. The van der Waals surface area contributed by atoms with Gasteiger partial charge in [-0.3, -0.25) is 0 Å². The van der Waals surface area contributed by atoms with Crippen molar-refractivity contribution in [3.63, 3.8) is 0 Å². The number of hydrogen-bond acceptors (Lipinski definition) is 3. The van der Waals surface area contributed by atoms with Crippen molar-refractivity contribution in [2.45, 2.75) is 54.2 Å². The molecular formula is C45H36N2S. The molecule has 9 rings (SSSR count). The molecule has 0 fully saturated rings. The Morgan fingerprint density at radius 3 is 1.81 bits per heavy atom. The first-order chi connectivity index (χ1) is 23.3. The summed E-state index contributed by atoms with van der Waals surface area (Å²) in [5.74, 6) is 0.945. The number of benzene rings is 6. The van der Waals surface area contributed by atoms with Gasteiger partial charge in [0.25, 0.3) is 0 Å². The van der Waals surface area contributed by atoms with Crippen LogP contribution in [0.2, 0.25) is 0 Å². The van der Waals surface area contributed by atoms with Gasteiger partial charge in [-0.25, -0.2) is 9.97 Å². The molecule has 0 spiro atoms. The van der Waals surface area contributed by atoms with Crippen LogP contribution >= 0.6 is 11.8 Å². The molecular weight excluding hydrogens is 601 g/mol. The number of para-hydroxylation sites is 1. The van der Waals surface area contributed by atoms with Gasteiger partial charge < -0.3 is 0 Å². The molecule has 0 amide bonds. The molecule has 3 heteroatoms. The number of hydrogen-bond donors (Lipinski definition) is 0. The Labute approximate surface area is 287 Å². The lowest BCUT2D eigenvalue weighted by Crippen LogP contribution is -2.30. The van der Waals surface area contributed by atoms with Crippen LogP contribution in [0.25, 0.3) is 33.5 Å². The smallest absolute Gasteiger partial charge is 0.160 e. The maximum Gasteiger partial charge on any atom is 0.160 e. The van der Waals surface area contributed by atoms with Crippen molar-refractivity contribution in [3.8, 4) is 22.6 Å². The van der Waals surface area contributed by atoms with E-state index >= 15 is 0 Å². The molecule has 2 nitrogen and oxygen atoms in total. The van der Waals surface area contributed by atoms with Gasteiger partial charge in [0.2, 0.25) is 0 Å². The number of rotatable bonds is 3. The molecule has 2 aliphatic rings. The second-order valence-electron chi connectivity index (χ2n) is 14.2. The van der Waals surface area contributed by atoms with Crippen LogP contribution < -0.4 is 0 Å². The molecule has 0 N–H and O–H groups in total. The first kappa shape index (κ1) is 29.2. The van der Waals surface area contributed by atoms with Crippen LogP contribution in [-0.4, -0.2) is 9.97 Å². The van der Waals surface area contributed by atoms with Gasteiger partial charge >= 0.3 is 0 Å². The zero-order chi connectivity index (χ0) is 32.6. The zero-order valence-corrected chi connectivity index (χ0v) is 28.5. The first-order valence-corrected chi connectivity index (χ1v) is 17.6. The van der Waals surface area contributed by atoms with E-state index in [-0.39, 0.29) is 16.7 Å². The number of nitrogens with zero attached hydrogens (tertiary/aromatic N) is 2. The van der Waals surface area contributed by atoms with Crippen LogP contribution in [-0.2, 0) is 10.8 Å². The summed E-state index contributed by atoms with van der Waals surface area (Å²) in [5, 5.41) is 1.07. The lowest BCUT2D eigenvalue weighted by Gasteiger charge is -2.40. The molecule has 2 heterocycles. The van der Waals surface area contributed by atoms with Gasteiger partial charge in [0, 0.05) is 43.1 Å². The van der Waals surface area contributed by atoms with Crippen molar-refractivity contribution < 1.29 is 0 Å². The minimum atomic E-state index is -0.214. The monoisotopic (exact) mass is 636 g/mol. The fraction of sp³-hybridized carbons (Fsp3) is 0.156. The predicted octanol–water partition coefficient (Wildman–Crippen LogP) is 11.6. The van der Waals surface area contributed by atoms with E-state index in [1.54, 1.807) is 0 Å². The van der Waals surface area contributed by atoms with Crippen molar-refractivity contribution in [1.82, 2.24) is 9.97 Å². The van der Waals surface area contributed by atoms with E-state index in [0.717, 1.165) is 33.5 Å². The van der Waals surface area contributed by atoms with E-state index in [2.05, 4.69) is 161 Å². The lowest BCUT2D eigenvalue weighted by atomic mass is 9.63. The van der Waals surface area contributed by atoms with Crippen molar-refractivity contribution in [2.75, 3.05) is 0 Å². The van der Waals surface area contributed by atoms with E-state index in [0.29, 0.717) is 0 Å². The molecule has 0 saturated carbocycles. The average Bonchev–Trinajstić information content (AvgIpc) is 3.12. The zero-order valence-electron chi connectivity index (χ0n) is 27.7. The third-order valence-corrected chi connectivity index (χ3v) is 11.8. The Kier molecular flexibility index (Phi) is 6.54. The average molecular weight is 637 g/mol. The van der Waals surface area contributed by atoms with E-state index in [1.807, 2.05) is 17.8 Å². The van der Waals surface area contributed by atoms with E-state index in [9.17, 15) is 0 Å². The summed E-state index contributed by atoms with van der Waals surface area (Å²) >= 11 is 1.88. The Morgan fingerprint density at radius 1 is 0.500 bits per heavy atom. The van der Waals surface area contributed by atoms with Gasteiger partial charge in [-0.2, -0.15) is 0 Å².